The number of halogens is 2. The number of amides is 2. The predicted octanol–water partition coefficient (Wildman–Crippen LogP) is 9.03. The Morgan fingerprint density at radius 3 is 1.64 bits per heavy atom. The zero-order valence-electron chi connectivity index (χ0n) is 35.9. The van der Waals surface area contributed by atoms with E-state index in [2.05, 4.69) is 15.3 Å². The molecule has 0 aliphatic carbocycles. The van der Waals surface area contributed by atoms with Crippen molar-refractivity contribution >= 4 is 31.8 Å². The maximum atomic E-state index is 14.4. The van der Waals surface area contributed by atoms with Gasteiger partial charge in [-0.05, 0) is 76.1 Å². The summed E-state index contributed by atoms with van der Waals surface area (Å²) in [6.07, 6.45) is 4.73. The second-order valence-corrected chi connectivity index (χ2v) is 17.9. The van der Waals surface area contributed by atoms with E-state index in [1.807, 2.05) is 38.5 Å². The van der Waals surface area contributed by atoms with Crippen LogP contribution in [-0.2, 0) is 31.6 Å². The topological polar surface area (TPSA) is 213 Å². The molecule has 0 aliphatic rings. The van der Waals surface area contributed by atoms with Crippen molar-refractivity contribution < 1.29 is 44.6 Å². The first-order valence-corrected chi connectivity index (χ1v) is 22.8. The monoisotopic (exact) mass is 914 g/mol. The van der Waals surface area contributed by atoms with Crippen molar-refractivity contribution in [1.82, 2.24) is 14.7 Å². The van der Waals surface area contributed by atoms with Crippen molar-refractivity contribution in [2.45, 2.75) is 51.0 Å². The second kappa shape index (κ2) is 22.9. The standard InChI is InChI=1S/C23H24FN3O4S.C16H15FN2O2.C7H9NO2S/c1-15(2)19-12-18(24)13-20(17-9-10-25-21(11-17)31-3)22(19)26-23(28)27-32(29,30)14-16-7-5-4-6-8-16;1-10(2)13-7-12(17)8-14(16(13)21-9-18)11-4-5-19-15(6-11)20-3;8-11(9,10)6-7-4-2-1-3-5-7/h4-13,15H,14H2,1-3H3,(H2,26,27,28);4-8,10H,1-3H3;1-5H,6H2,(H2,8,9,10). The summed E-state index contributed by atoms with van der Waals surface area (Å²) in [7, 11) is -4.36. The summed E-state index contributed by atoms with van der Waals surface area (Å²) >= 11 is 0. The van der Waals surface area contributed by atoms with E-state index in [0.29, 0.717) is 62.1 Å². The number of pyridine rings is 2. The minimum absolute atomic E-state index is 0.0199. The van der Waals surface area contributed by atoms with Crippen LogP contribution in [0.25, 0.3) is 22.3 Å². The Labute approximate surface area is 372 Å². The van der Waals surface area contributed by atoms with Gasteiger partial charge in [-0.25, -0.2) is 50.2 Å². The first kappa shape index (κ1) is 49.7. The number of nitrogens with two attached hydrogens (primary N) is 1. The molecule has 0 radical (unpaired) electrons. The van der Waals surface area contributed by atoms with Crippen molar-refractivity contribution in [3.8, 4) is 46.0 Å². The number of nitrogens with zero attached hydrogens (tertiary/aromatic N) is 3. The predicted molar refractivity (Wildman–Crippen MR) is 241 cm³/mol. The highest BCUT2D eigenvalue weighted by molar-refractivity contribution is 7.89. The molecule has 0 aliphatic heterocycles. The average Bonchev–Trinajstić information content (AvgIpc) is 3.24. The lowest BCUT2D eigenvalue weighted by Crippen LogP contribution is -2.35. The molecule has 0 saturated heterocycles. The molecule has 4 N–H and O–H groups in total. The number of benzene rings is 4. The number of urea groups is 1. The smallest absolute Gasteiger partial charge is 0.332 e. The Morgan fingerprint density at radius 1 is 0.703 bits per heavy atom. The molecule has 6 aromatic rings. The summed E-state index contributed by atoms with van der Waals surface area (Å²) in [5.74, 6) is -0.344. The SMILES string of the molecule is COc1cc(-c2cc(F)cc(C(C)C)c2NC(=O)NS(=O)(=O)Cc2ccccc2)ccn1.COc1cc(-c2cc(F)cc(C(C)C)c2OC#N)ccn1.NS(=O)(=O)Cc1ccccc1. The molecule has 0 fully saturated rings. The van der Waals surface area contributed by atoms with Crippen molar-refractivity contribution in [3.05, 3.63) is 155 Å². The lowest BCUT2D eigenvalue weighted by atomic mass is 9.94. The van der Waals surface area contributed by atoms with E-state index in [4.69, 9.17) is 24.6 Å². The minimum atomic E-state index is -3.95. The number of carbonyl (C=O) groups is 1. The van der Waals surface area contributed by atoms with Gasteiger partial charge in [0, 0.05) is 41.2 Å². The van der Waals surface area contributed by atoms with Gasteiger partial charge >= 0.3 is 6.03 Å². The lowest BCUT2D eigenvalue weighted by Gasteiger charge is -2.19. The number of nitriles is 1. The summed E-state index contributed by atoms with van der Waals surface area (Å²) in [4.78, 5) is 20.7. The molecule has 0 spiro atoms. The molecule has 2 heterocycles. The van der Waals surface area contributed by atoms with Gasteiger partial charge in [-0.2, -0.15) is 0 Å². The van der Waals surface area contributed by atoms with Gasteiger partial charge < -0.3 is 19.5 Å². The number of hydrogen-bond donors (Lipinski definition) is 3. The summed E-state index contributed by atoms with van der Waals surface area (Å²) in [5, 5.41) is 16.3. The molecule has 64 heavy (non-hydrogen) atoms. The summed E-state index contributed by atoms with van der Waals surface area (Å²) in [6, 6.07) is 28.4. The maximum Gasteiger partial charge on any atom is 0.332 e. The van der Waals surface area contributed by atoms with Crippen LogP contribution >= 0.6 is 0 Å². The van der Waals surface area contributed by atoms with Gasteiger partial charge in [0.1, 0.15) is 11.6 Å². The van der Waals surface area contributed by atoms with Crippen molar-refractivity contribution in [1.29, 1.82) is 5.26 Å². The fraction of sp³-hybridized carbons (Fsp3) is 0.217. The number of carbonyl (C=O) groups excluding carboxylic acids is 1. The number of nitrogens with one attached hydrogen (secondary N) is 2. The fourth-order valence-corrected chi connectivity index (χ4v) is 7.86. The van der Waals surface area contributed by atoms with Gasteiger partial charge in [0.2, 0.25) is 31.8 Å². The first-order chi connectivity index (χ1) is 30.3. The Morgan fingerprint density at radius 2 is 1.17 bits per heavy atom. The van der Waals surface area contributed by atoms with E-state index in [-0.39, 0.29) is 29.2 Å². The Bertz CT molecular complexity index is 2790. The van der Waals surface area contributed by atoms with Gasteiger partial charge in [0.05, 0.1) is 31.4 Å². The van der Waals surface area contributed by atoms with Crippen LogP contribution in [-0.4, -0.2) is 47.1 Å². The third-order valence-electron chi connectivity index (χ3n) is 9.01. The van der Waals surface area contributed by atoms with Crippen LogP contribution in [0, 0.1) is 23.2 Å². The van der Waals surface area contributed by atoms with Crippen LogP contribution in [0.15, 0.2) is 122 Å². The number of ether oxygens (including phenoxy) is 3. The highest BCUT2D eigenvalue weighted by Crippen LogP contribution is 2.39. The zero-order valence-corrected chi connectivity index (χ0v) is 37.5. The summed E-state index contributed by atoms with van der Waals surface area (Å²) < 4.78 is 91.7. The van der Waals surface area contributed by atoms with E-state index < -0.39 is 31.9 Å². The lowest BCUT2D eigenvalue weighted by molar-refractivity contribution is 0.256. The number of aromatic nitrogens is 2. The van der Waals surface area contributed by atoms with Gasteiger partial charge in [0.25, 0.3) is 6.26 Å². The van der Waals surface area contributed by atoms with E-state index in [0.717, 1.165) is 5.56 Å². The average molecular weight is 915 g/mol. The third-order valence-corrected chi connectivity index (χ3v) is 11.0. The van der Waals surface area contributed by atoms with Crippen LogP contribution < -0.4 is 29.4 Å². The Balaban J connectivity index is 0.000000239. The van der Waals surface area contributed by atoms with E-state index >= 15 is 0 Å². The molecular formula is C46H48F2N6O8S2. The zero-order chi connectivity index (χ0) is 47.0. The van der Waals surface area contributed by atoms with Gasteiger partial charge in [-0.15, -0.1) is 5.26 Å². The quantitative estimate of drug-likeness (QED) is 0.0930. The number of methoxy groups -OCH3 is 2. The molecule has 0 bridgehead atoms. The molecule has 2 amide bonds. The van der Waals surface area contributed by atoms with Crippen molar-refractivity contribution in [3.63, 3.8) is 0 Å². The molecule has 2 aromatic heterocycles. The van der Waals surface area contributed by atoms with E-state index in [9.17, 15) is 30.4 Å². The van der Waals surface area contributed by atoms with Crippen molar-refractivity contribution in [2.75, 3.05) is 19.5 Å². The molecular weight excluding hydrogens is 867 g/mol. The molecule has 6 rings (SSSR count). The van der Waals surface area contributed by atoms with Gasteiger partial charge in [-0.3, -0.25) is 0 Å². The molecule has 336 valence electrons. The first-order valence-electron chi connectivity index (χ1n) is 19.5. The second-order valence-electron chi connectivity index (χ2n) is 14.6. The van der Waals surface area contributed by atoms with Crippen LogP contribution in [0.2, 0.25) is 0 Å². The van der Waals surface area contributed by atoms with Crippen LogP contribution in [0.5, 0.6) is 17.5 Å². The molecule has 0 saturated carbocycles. The fourth-order valence-electron chi connectivity index (χ4n) is 6.16. The number of anilines is 1. The van der Waals surface area contributed by atoms with Gasteiger partial charge in [-0.1, -0.05) is 88.4 Å². The number of primary sulfonamides is 1. The highest BCUT2D eigenvalue weighted by Gasteiger charge is 2.22. The number of hydrogen-bond acceptors (Lipinski definition) is 11. The van der Waals surface area contributed by atoms with E-state index in [1.165, 1.54) is 44.7 Å². The summed E-state index contributed by atoms with van der Waals surface area (Å²) in [6.45, 7) is 7.52. The minimum Gasteiger partial charge on any atom is -0.481 e. The largest absolute Gasteiger partial charge is 0.481 e. The highest BCUT2D eigenvalue weighted by atomic mass is 32.2. The summed E-state index contributed by atoms with van der Waals surface area (Å²) in [5.41, 5.74) is 4.84. The Kier molecular flexibility index (Phi) is 17.8. The maximum absolute atomic E-state index is 14.4. The molecule has 4 aromatic carbocycles. The van der Waals surface area contributed by atoms with Crippen LogP contribution in [0.1, 0.15) is 61.8 Å². The molecule has 14 nitrogen and oxygen atoms in total. The van der Waals surface area contributed by atoms with Crippen LogP contribution in [0.4, 0.5) is 19.3 Å². The number of sulfonamides is 2. The van der Waals surface area contributed by atoms with Crippen molar-refractivity contribution in [2.24, 2.45) is 5.14 Å². The van der Waals surface area contributed by atoms with E-state index in [1.54, 1.807) is 91.3 Å². The Hall–Kier alpha value is -6.94. The van der Waals surface area contributed by atoms with Crippen LogP contribution in [0.3, 0.4) is 0 Å². The molecule has 18 heteroatoms. The third kappa shape index (κ3) is 15.1. The molecule has 0 unspecified atom stereocenters. The normalized spacial score (nSPS) is 11.0. The van der Waals surface area contributed by atoms with Gasteiger partial charge in [0.15, 0.2) is 5.75 Å². The molecule has 0 atom stereocenters. The number of rotatable bonds is 13.